The smallest absolute Gasteiger partial charge is 0.352 e. The molecule has 2 atom stereocenters. The Morgan fingerprint density at radius 1 is 1.38 bits per heavy atom. The summed E-state index contributed by atoms with van der Waals surface area (Å²) in [6, 6.07) is 2.21. The molecule has 0 saturated carbocycles. The number of anilines is 1. The number of β-lactam (4-membered cyclic amide) rings is 1. The second kappa shape index (κ2) is 10.8. The van der Waals surface area contributed by atoms with Gasteiger partial charge in [0.05, 0.1) is 5.56 Å². The van der Waals surface area contributed by atoms with Crippen molar-refractivity contribution in [1.82, 2.24) is 15.2 Å². The number of aromatic nitrogens is 2. The van der Waals surface area contributed by atoms with Crippen molar-refractivity contribution < 1.29 is 33.7 Å². The Hall–Kier alpha value is -4.24. The van der Waals surface area contributed by atoms with E-state index in [2.05, 4.69) is 15.5 Å². The number of carboxylic acids is 1. The summed E-state index contributed by atoms with van der Waals surface area (Å²) in [7, 11) is 1.27. The number of hydrogen-bond donors (Lipinski definition) is 4. The van der Waals surface area contributed by atoms with E-state index in [1.54, 1.807) is 41.2 Å². The van der Waals surface area contributed by atoms with Gasteiger partial charge < -0.3 is 26.7 Å². The molecule has 13 nitrogen and oxygen atoms in total. The number of nitrogen functional groups attached to an aromatic ring is 1. The Bertz CT molecular complexity index is 1350. The zero-order chi connectivity index (χ0) is 26.7. The maximum Gasteiger partial charge on any atom is 0.352 e. The molecule has 0 aliphatic carbocycles. The van der Waals surface area contributed by atoms with Gasteiger partial charge in [-0.15, -0.1) is 23.1 Å². The number of nitrogens with zero attached hydrogens (tertiary/aromatic N) is 4. The largest absolute Gasteiger partial charge is 0.477 e. The number of nitrogens with two attached hydrogens (primary N) is 2. The van der Waals surface area contributed by atoms with Crippen molar-refractivity contribution in [3.05, 3.63) is 64.6 Å². The zero-order valence-electron chi connectivity index (χ0n) is 19.4. The van der Waals surface area contributed by atoms with Gasteiger partial charge in [-0.2, -0.15) is 0 Å². The first kappa shape index (κ1) is 25.8. The number of nitrogens with one attached hydrogen (secondary N) is 1. The van der Waals surface area contributed by atoms with Crippen LogP contribution < -0.4 is 21.4 Å². The number of allylic oxidation sites excluding steroid dienone is 2. The van der Waals surface area contributed by atoms with E-state index in [-0.39, 0.29) is 22.2 Å². The average Bonchev–Trinajstić information content (AvgIpc) is 3.31. The van der Waals surface area contributed by atoms with Crippen molar-refractivity contribution in [2.24, 2.45) is 10.9 Å². The number of fused-ring (bicyclic) bond motifs is 1. The minimum Gasteiger partial charge on any atom is -0.477 e. The molecule has 4 rings (SSSR count). The van der Waals surface area contributed by atoms with Crippen molar-refractivity contribution in [3.63, 3.8) is 0 Å². The first-order valence-corrected chi connectivity index (χ1v) is 12.6. The molecule has 15 heteroatoms. The van der Waals surface area contributed by atoms with E-state index in [1.165, 1.54) is 29.2 Å². The average molecular weight is 545 g/mol. The van der Waals surface area contributed by atoms with E-state index in [4.69, 9.17) is 16.3 Å². The molecule has 2 aliphatic heterocycles. The molecule has 192 valence electrons. The predicted molar refractivity (Wildman–Crippen MR) is 134 cm³/mol. The van der Waals surface area contributed by atoms with Gasteiger partial charge in [-0.1, -0.05) is 11.2 Å². The molecule has 1 saturated heterocycles. The van der Waals surface area contributed by atoms with Gasteiger partial charge in [-0.05, 0) is 11.6 Å². The van der Waals surface area contributed by atoms with Gasteiger partial charge in [0.15, 0.2) is 29.8 Å². The van der Waals surface area contributed by atoms with Crippen LogP contribution in [0.4, 0.5) is 5.13 Å². The molecule has 0 radical (unpaired) electrons. The number of carbonyl (C=O) groups is 4. The summed E-state index contributed by atoms with van der Waals surface area (Å²) in [5.41, 5.74) is 11.6. The van der Waals surface area contributed by atoms with Crippen LogP contribution in [-0.2, 0) is 25.8 Å². The molecule has 2 aromatic heterocycles. The molecule has 6 N–H and O–H groups in total. The molecular weight excluding hydrogens is 522 g/mol. The van der Waals surface area contributed by atoms with Crippen LogP contribution in [0.3, 0.4) is 0 Å². The highest BCUT2D eigenvalue weighted by atomic mass is 32.2. The van der Waals surface area contributed by atoms with Crippen molar-refractivity contribution in [2.75, 3.05) is 18.6 Å². The zero-order valence-corrected chi connectivity index (χ0v) is 21.0. The Labute approximate surface area is 218 Å². The normalized spacial score (nSPS) is 19.4. The fourth-order valence-electron chi connectivity index (χ4n) is 3.73. The number of carbonyl (C=O) groups excluding carboxylic acids is 3. The minimum absolute atomic E-state index is 0.136. The molecule has 0 aromatic carbocycles. The summed E-state index contributed by atoms with van der Waals surface area (Å²) in [6.07, 6.45) is 6.75. The maximum atomic E-state index is 12.9. The second-order valence-electron chi connectivity index (χ2n) is 7.78. The van der Waals surface area contributed by atoms with Crippen LogP contribution >= 0.6 is 23.1 Å². The fraction of sp³-hybridized carbons (Fsp3) is 0.227. The third-order valence-corrected chi connectivity index (χ3v) is 7.44. The molecule has 1 unspecified atom stereocenters. The number of carboxylic acid groups (broad SMARTS) is 1. The summed E-state index contributed by atoms with van der Waals surface area (Å²) < 4.78 is 1.78. The Morgan fingerprint density at radius 3 is 2.70 bits per heavy atom. The number of pyridine rings is 1. The van der Waals surface area contributed by atoms with E-state index < -0.39 is 35.1 Å². The van der Waals surface area contributed by atoms with E-state index in [1.807, 2.05) is 0 Å². The molecule has 0 bridgehead atoms. The monoisotopic (exact) mass is 544 g/mol. The van der Waals surface area contributed by atoms with E-state index in [9.17, 15) is 24.3 Å². The predicted octanol–water partition coefficient (Wildman–Crippen LogP) is -0.543. The topological polar surface area (TPSA) is 194 Å². The van der Waals surface area contributed by atoms with Gasteiger partial charge in [-0.25, -0.2) is 14.3 Å². The molecule has 3 amide bonds. The molecule has 4 heterocycles. The first-order valence-electron chi connectivity index (χ1n) is 10.7. The maximum absolute atomic E-state index is 12.9. The lowest BCUT2D eigenvalue weighted by Crippen LogP contribution is -2.71. The van der Waals surface area contributed by atoms with E-state index >= 15 is 0 Å². The molecule has 0 spiro atoms. The van der Waals surface area contributed by atoms with Gasteiger partial charge in [0, 0.05) is 23.3 Å². The Kier molecular flexibility index (Phi) is 7.54. The van der Waals surface area contributed by atoms with Crippen LogP contribution in [0.15, 0.2) is 58.5 Å². The Morgan fingerprint density at radius 2 is 2.11 bits per heavy atom. The highest BCUT2D eigenvalue weighted by molar-refractivity contribution is 8.00. The SMILES string of the molecule is CO/N=C(\C(=O)NC1C(=O)N2C(C(=O)O)=C(C=CC[n+]3ccc(C(N)=O)cc3)CS[C@H]12)c1csc(N)n1. The van der Waals surface area contributed by atoms with Crippen LogP contribution in [0.5, 0.6) is 0 Å². The van der Waals surface area contributed by atoms with Crippen LogP contribution in [0.25, 0.3) is 0 Å². The van der Waals surface area contributed by atoms with Crippen molar-refractivity contribution in [1.29, 1.82) is 0 Å². The highest BCUT2D eigenvalue weighted by Gasteiger charge is 2.54. The van der Waals surface area contributed by atoms with Gasteiger partial charge >= 0.3 is 5.97 Å². The van der Waals surface area contributed by atoms with Gasteiger partial charge in [0.25, 0.3) is 11.8 Å². The summed E-state index contributed by atoms with van der Waals surface area (Å²) >= 11 is 2.44. The number of thioether (sulfide) groups is 1. The van der Waals surface area contributed by atoms with Gasteiger partial charge in [0.2, 0.25) is 5.91 Å². The fourth-order valence-corrected chi connectivity index (χ4v) is 5.60. The van der Waals surface area contributed by atoms with Gasteiger partial charge in [-0.3, -0.25) is 19.3 Å². The lowest BCUT2D eigenvalue weighted by atomic mass is 10.0. The number of thiazole rings is 1. The van der Waals surface area contributed by atoms with Crippen molar-refractivity contribution in [3.8, 4) is 0 Å². The number of rotatable bonds is 9. The van der Waals surface area contributed by atoms with E-state index in [0.717, 1.165) is 11.3 Å². The highest BCUT2D eigenvalue weighted by Crippen LogP contribution is 2.40. The van der Waals surface area contributed by atoms with Crippen LogP contribution in [-0.4, -0.2) is 68.7 Å². The summed E-state index contributed by atoms with van der Waals surface area (Å²) in [5.74, 6) is -2.72. The molecule has 37 heavy (non-hydrogen) atoms. The Balaban J connectivity index is 1.47. The van der Waals surface area contributed by atoms with Crippen molar-refractivity contribution in [2.45, 2.75) is 18.0 Å². The number of amides is 3. The van der Waals surface area contributed by atoms with Crippen molar-refractivity contribution >= 4 is 57.6 Å². The molecule has 2 aliphatic rings. The summed E-state index contributed by atoms with van der Waals surface area (Å²) in [4.78, 5) is 58.9. The standard InChI is InChI=1S/C22H21N7O6S2/c1-35-27-14(13-10-37-22(24)25-13)18(31)26-15-19(32)29-16(21(33)34)12(9-36-20(15)29)3-2-6-28-7-4-11(5-8-28)17(23)30/h2-5,7-8,10,15,20H,6,9H2,1H3,(H5-,23,24,25,26,30,31,33,34)/p+1/b3-2?,27-14-/t15?,20-/m1/s1. The van der Waals surface area contributed by atoms with Crippen LogP contribution in [0.2, 0.25) is 0 Å². The third kappa shape index (κ3) is 5.31. The van der Waals surface area contributed by atoms with Gasteiger partial charge in [0.1, 0.15) is 29.9 Å². The molecule has 1 fully saturated rings. The number of aliphatic carboxylic acids is 1. The number of primary amides is 1. The third-order valence-electron chi connectivity index (χ3n) is 5.46. The molecular formula is C22H22N7O6S2+. The minimum atomic E-state index is -1.25. The summed E-state index contributed by atoms with van der Waals surface area (Å²) in [5, 5.41) is 17.3. The number of oxime groups is 1. The number of hydrogen-bond acceptors (Lipinski definition) is 10. The first-order chi connectivity index (χ1) is 17.7. The van der Waals surface area contributed by atoms with Crippen LogP contribution in [0.1, 0.15) is 16.1 Å². The lowest BCUT2D eigenvalue weighted by molar-refractivity contribution is -0.687. The van der Waals surface area contributed by atoms with Crippen LogP contribution in [0, 0.1) is 0 Å². The lowest BCUT2D eigenvalue weighted by Gasteiger charge is -2.49. The second-order valence-corrected chi connectivity index (χ2v) is 9.78. The summed E-state index contributed by atoms with van der Waals surface area (Å²) in [6.45, 7) is 0.402. The van der Waals surface area contributed by atoms with E-state index in [0.29, 0.717) is 23.4 Å². The molecule has 2 aromatic rings. The quantitative estimate of drug-likeness (QED) is 0.139.